The van der Waals surface area contributed by atoms with Crippen LogP contribution in [0.2, 0.25) is 0 Å². The maximum atomic E-state index is 4.28. The highest BCUT2D eigenvalue weighted by Gasteiger charge is 2.21. The second-order valence-electron chi connectivity index (χ2n) is 7.87. The maximum Gasteiger partial charge on any atom is 0.220 e. The van der Waals surface area contributed by atoms with Crippen LogP contribution in [0.25, 0.3) is 33.2 Å². The summed E-state index contributed by atoms with van der Waals surface area (Å²) >= 11 is 0. The molecular formula is C27H29N2+. The van der Waals surface area contributed by atoms with Crippen molar-refractivity contribution in [2.24, 2.45) is 7.05 Å². The number of benzene rings is 2. The Labute approximate surface area is 173 Å². The molecule has 2 aromatic carbocycles. The summed E-state index contributed by atoms with van der Waals surface area (Å²) in [6.07, 6.45) is 5.87. The molecule has 4 aromatic rings. The molecule has 0 N–H and O–H groups in total. The van der Waals surface area contributed by atoms with Gasteiger partial charge in [-0.1, -0.05) is 32.0 Å². The van der Waals surface area contributed by atoms with Crippen LogP contribution in [0.1, 0.15) is 36.2 Å². The first kappa shape index (κ1) is 19.3. The van der Waals surface area contributed by atoms with Crippen molar-refractivity contribution in [2.45, 2.75) is 40.5 Å². The van der Waals surface area contributed by atoms with Crippen molar-refractivity contribution in [1.29, 1.82) is 0 Å². The summed E-state index contributed by atoms with van der Waals surface area (Å²) < 4.78 is 2.34. The molecule has 0 bridgehead atoms. The summed E-state index contributed by atoms with van der Waals surface area (Å²) in [6, 6.07) is 17.9. The lowest BCUT2D eigenvalue weighted by molar-refractivity contribution is -0.665. The van der Waals surface area contributed by atoms with Gasteiger partial charge in [-0.25, -0.2) is 0 Å². The van der Waals surface area contributed by atoms with Gasteiger partial charge in [-0.2, -0.15) is 4.57 Å². The van der Waals surface area contributed by atoms with Gasteiger partial charge in [0.1, 0.15) is 7.05 Å². The van der Waals surface area contributed by atoms with Gasteiger partial charge in [-0.05, 0) is 71.7 Å². The van der Waals surface area contributed by atoms with E-state index in [4.69, 9.17) is 0 Å². The highest BCUT2D eigenvalue weighted by atomic mass is 14.9. The van der Waals surface area contributed by atoms with Crippen LogP contribution in [-0.4, -0.2) is 4.98 Å². The summed E-state index contributed by atoms with van der Waals surface area (Å²) in [4.78, 5) is 4.28. The molecule has 29 heavy (non-hydrogen) atoms. The SMILES string of the molecule is CCc1cc(CC)c(C)c(-c2c3ccc(-c4cccnc4)cc3cc(C)[n+]2C)c1. The Balaban J connectivity index is 2.02. The third-order valence-electron chi connectivity index (χ3n) is 6.15. The van der Waals surface area contributed by atoms with Gasteiger partial charge in [0.25, 0.3) is 0 Å². The normalized spacial score (nSPS) is 11.2. The van der Waals surface area contributed by atoms with Crippen LogP contribution in [0.5, 0.6) is 0 Å². The fourth-order valence-corrected chi connectivity index (χ4v) is 4.27. The number of rotatable bonds is 4. The van der Waals surface area contributed by atoms with E-state index in [2.05, 4.69) is 86.8 Å². The molecule has 0 saturated carbocycles. The van der Waals surface area contributed by atoms with Crippen molar-refractivity contribution < 1.29 is 4.57 Å². The summed E-state index contributed by atoms with van der Waals surface area (Å²) in [5.41, 5.74) is 10.5. The van der Waals surface area contributed by atoms with E-state index in [1.807, 2.05) is 18.5 Å². The second kappa shape index (κ2) is 7.79. The molecule has 0 unspecified atom stereocenters. The highest BCUT2D eigenvalue weighted by molar-refractivity contribution is 5.96. The van der Waals surface area contributed by atoms with Crippen LogP contribution < -0.4 is 4.57 Å². The zero-order chi connectivity index (χ0) is 20.5. The van der Waals surface area contributed by atoms with Gasteiger partial charge in [0.2, 0.25) is 5.69 Å². The van der Waals surface area contributed by atoms with Crippen molar-refractivity contribution in [3.05, 3.63) is 83.3 Å². The van der Waals surface area contributed by atoms with Crippen LogP contribution in [0, 0.1) is 13.8 Å². The largest absolute Gasteiger partial charge is 0.264 e. The smallest absolute Gasteiger partial charge is 0.220 e. The zero-order valence-electron chi connectivity index (χ0n) is 18.1. The second-order valence-corrected chi connectivity index (χ2v) is 7.87. The van der Waals surface area contributed by atoms with Gasteiger partial charge in [-0.15, -0.1) is 0 Å². The molecule has 0 fully saturated rings. The van der Waals surface area contributed by atoms with Gasteiger partial charge in [0.15, 0.2) is 5.69 Å². The molecule has 2 heteroatoms. The Morgan fingerprint density at radius 3 is 2.41 bits per heavy atom. The molecule has 0 aliphatic carbocycles. The first-order valence-corrected chi connectivity index (χ1v) is 10.5. The Morgan fingerprint density at radius 1 is 0.897 bits per heavy atom. The van der Waals surface area contributed by atoms with Crippen LogP contribution in [0.3, 0.4) is 0 Å². The Bertz CT molecular complexity index is 1190. The first-order chi connectivity index (χ1) is 14.0. The first-order valence-electron chi connectivity index (χ1n) is 10.5. The number of aryl methyl sites for hydroxylation is 3. The quantitative estimate of drug-likeness (QED) is 0.388. The lowest BCUT2D eigenvalue weighted by Crippen LogP contribution is -2.35. The van der Waals surface area contributed by atoms with E-state index < -0.39 is 0 Å². The number of nitrogens with zero attached hydrogens (tertiary/aromatic N) is 2. The summed E-state index contributed by atoms with van der Waals surface area (Å²) in [6.45, 7) is 8.95. The van der Waals surface area contributed by atoms with Crippen molar-refractivity contribution in [3.63, 3.8) is 0 Å². The van der Waals surface area contributed by atoms with Crippen molar-refractivity contribution in [2.75, 3.05) is 0 Å². The number of hydrogen-bond donors (Lipinski definition) is 0. The molecule has 0 aliphatic heterocycles. The van der Waals surface area contributed by atoms with Crippen molar-refractivity contribution >= 4 is 10.8 Å². The number of hydrogen-bond acceptors (Lipinski definition) is 1. The molecule has 0 spiro atoms. The Morgan fingerprint density at radius 2 is 1.72 bits per heavy atom. The third-order valence-corrected chi connectivity index (χ3v) is 6.15. The van der Waals surface area contributed by atoms with Crippen molar-refractivity contribution in [1.82, 2.24) is 4.98 Å². The van der Waals surface area contributed by atoms with Gasteiger partial charge in [0, 0.05) is 30.9 Å². The molecule has 0 saturated heterocycles. The van der Waals surface area contributed by atoms with E-state index in [0.717, 1.165) is 18.4 Å². The predicted molar refractivity (Wildman–Crippen MR) is 122 cm³/mol. The zero-order valence-corrected chi connectivity index (χ0v) is 18.1. The number of aromatic nitrogens is 2. The van der Waals surface area contributed by atoms with Gasteiger partial charge in [-0.3, -0.25) is 4.98 Å². The summed E-state index contributed by atoms with van der Waals surface area (Å²) in [7, 11) is 2.18. The molecule has 2 nitrogen and oxygen atoms in total. The molecule has 0 radical (unpaired) electrons. The maximum absolute atomic E-state index is 4.28. The number of pyridine rings is 2. The van der Waals surface area contributed by atoms with Crippen LogP contribution >= 0.6 is 0 Å². The minimum atomic E-state index is 1.05. The van der Waals surface area contributed by atoms with E-state index >= 15 is 0 Å². The van der Waals surface area contributed by atoms with Crippen LogP contribution in [0.4, 0.5) is 0 Å². The van der Waals surface area contributed by atoms with Crippen molar-refractivity contribution in [3.8, 4) is 22.4 Å². The molecule has 0 atom stereocenters. The topological polar surface area (TPSA) is 16.8 Å². The molecular weight excluding hydrogens is 352 g/mol. The minimum Gasteiger partial charge on any atom is -0.264 e. The van der Waals surface area contributed by atoms with E-state index in [1.54, 1.807) is 0 Å². The van der Waals surface area contributed by atoms with Crippen LogP contribution in [-0.2, 0) is 19.9 Å². The van der Waals surface area contributed by atoms with Gasteiger partial charge < -0.3 is 0 Å². The van der Waals surface area contributed by atoms with Gasteiger partial charge in [0.05, 0.1) is 10.9 Å². The molecule has 2 heterocycles. The number of fused-ring (bicyclic) bond motifs is 1. The standard InChI is InChI=1S/C27H29N2/c1-6-20-14-21(7-2)19(4)26(15-20)27-25-11-10-22(23-9-8-12-28-17-23)16-24(25)13-18(3)29(27)5/h8-17H,6-7H2,1-5H3/q+1. The van der Waals surface area contributed by atoms with Crippen LogP contribution in [0.15, 0.2) is 60.9 Å². The van der Waals surface area contributed by atoms with Gasteiger partial charge >= 0.3 is 0 Å². The molecule has 2 aromatic heterocycles. The highest BCUT2D eigenvalue weighted by Crippen LogP contribution is 2.33. The minimum absolute atomic E-state index is 1.05. The third kappa shape index (κ3) is 3.44. The predicted octanol–water partition coefficient (Wildman–Crippen LogP) is 6.13. The molecule has 0 aliphatic rings. The monoisotopic (exact) mass is 381 g/mol. The van der Waals surface area contributed by atoms with E-state index in [1.165, 1.54) is 50.0 Å². The van der Waals surface area contributed by atoms with E-state index in [-0.39, 0.29) is 0 Å². The summed E-state index contributed by atoms with van der Waals surface area (Å²) in [5, 5.41) is 2.57. The molecule has 4 rings (SSSR count). The molecule has 0 amide bonds. The molecule has 146 valence electrons. The fraction of sp³-hybridized carbons (Fsp3) is 0.259. The lowest BCUT2D eigenvalue weighted by atomic mass is 9.91. The average Bonchev–Trinajstić information content (AvgIpc) is 2.75. The lowest BCUT2D eigenvalue weighted by Gasteiger charge is -2.15. The van der Waals surface area contributed by atoms with E-state index in [0.29, 0.717) is 0 Å². The van der Waals surface area contributed by atoms with E-state index in [9.17, 15) is 0 Å². The Kier molecular flexibility index (Phi) is 5.19. The summed E-state index contributed by atoms with van der Waals surface area (Å²) in [5.74, 6) is 0. The Hall–Kier alpha value is -3.00. The fourth-order valence-electron chi connectivity index (χ4n) is 4.27. The average molecular weight is 382 g/mol.